The Morgan fingerprint density at radius 2 is 2.04 bits per heavy atom. The first-order valence-electron chi connectivity index (χ1n) is 8.82. The molecule has 2 aromatic carbocycles. The van der Waals surface area contributed by atoms with E-state index in [4.69, 9.17) is 0 Å². The lowest BCUT2D eigenvalue weighted by molar-refractivity contribution is -0.134. The third kappa shape index (κ3) is 2.40. The highest BCUT2D eigenvalue weighted by molar-refractivity contribution is 7.00. The summed E-state index contributed by atoms with van der Waals surface area (Å²) in [5.41, 5.74) is 2.56. The van der Waals surface area contributed by atoms with Gasteiger partial charge in [-0.1, -0.05) is 30.3 Å². The number of anilines is 1. The van der Waals surface area contributed by atoms with Crippen LogP contribution in [0.15, 0.2) is 42.5 Å². The Balaban J connectivity index is 1.38. The van der Waals surface area contributed by atoms with Gasteiger partial charge in [-0.25, -0.2) is 4.79 Å². The summed E-state index contributed by atoms with van der Waals surface area (Å²) < 4.78 is 8.31. The molecule has 1 aliphatic heterocycles. The smallest absolute Gasteiger partial charge is 0.323 e. The summed E-state index contributed by atoms with van der Waals surface area (Å²) in [5, 5.41) is 5.55. The van der Waals surface area contributed by atoms with Crippen LogP contribution in [-0.4, -0.2) is 38.0 Å². The molecule has 9 heteroatoms. The van der Waals surface area contributed by atoms with Crippen molar-refractivity contribution in [3.63, 3.8) is 0 Å². The van der Waals surface area contributed by atoms with Crippen LogP contribution in [0.4, 0.5) is 10.5 Å². The molecule has 1 unspecified atom stereocenters. The second-order valence-electron chi connectivity index (χ2n) is 6.87. The maximum atomic E-state index is 13.1. The lowest BCUT2D eigenvalue weighted by Crippen LogP contribution is -2.43. The number of urea groups is 1. The first-order chi connectivity index (χ1) is 13.6. The van der Waals surface area contributed by atoms with E-state index in [1.54, 1.807) is 18.2 Å². The first kappa shape index (κ1) is 16.8. The largest absolute Gasteiger partial charge is 0.325 e. The van der Waals surface area contributed by atoms with E-state index in [9.17, 15) is 14.4 Å². The van der Waals surface area contributed by atoms with Gasteiger partial charge in [0.15, 0.2) is 0 Å². The van der Waals surface area contributed by atoms with Crippen LogP contribution in [0.3, 0.4) is 0 Å². The van der Waals surface area contributed by atoms with Gasteiger partial charge in [-0.05, 0) is 36.1 Å². The monoisotopic (exact) mass is 393 g/mol. The number of amides is 4. The molecule has 0 bridgehead atoms. The average Bonchev–Trinajstić information content (AvgIpc) is 3.37. The number of aryl methyl sites for hydroxylation is 1. The molecule has 5 rings (SSSR count). The molecule has 140 valence electrons. The van der Waals surface area contributed by atoms with Gasteiger partial charge in [-0.3, -0.25) is 14.5 Å². The molecule has 1 fully saturated rings. The molecule has 1 aliphatic carbocycles. The van der Waals surface area contributed by atoms with Crippen LogP contribution in [0.1, 0.15) is 17.5 Å². The van der Waals surface area contributed by atoms with Crippen LogP contribution in [0.2, 0.25) is 0 Å². The maximum Gasteiger partial charge on any atom is 0.325 e. The fourth-order valence-electron chi connectivity index (χ4n) is 3.97. The standard InChI is InChI=1S/C19H15N5O3S/c25-15(20-13-6-3-7-14-16(13)23-28-22-14)10-24-17(26)19(21-18(24)27)9-8-11-4-1-2-5-12(11)19/h1-7H,8-10H2,(H,20,25)(H,21,27). The Morgan fingerprint density at radius 3 is 2.93 bits per heavy atom. The van der Waals surface area contributed by atoms with Crippen LogP contribution < -0.4 is 10.6 Å². The van der Waals surface area contributed by atoms with E-state index >= 15 is 0 Å². The van der Waals surface area contributed by atoms with Gasteiger partial charge in [0.05, 0.1) is 17.4 Å². The number of carbonyl (C=O) groups is 3. The molecule has 0 saturated carbocycles. The summed E-state index contributed by atoms with van der Waals surface area (Å²) in [7, 11) is 0. The third-order valence-corrected chi connectivity index (χ3v) is 5.83. The van der Waals surface area contributed by atoms with Crippen molar-refractivity contribution >= 4 is 46.3 Å². The molecule has 4 amide bonds. The molecule has 28 heavy (non-hydrogen) atoms. The Bertz CT molecular complexity index is 1140. The number of fused-ring (bicyclic) bond motifs is 3. The van der Waals surface area contributed by atoms with Crippen molar-refractivity contribution in [1.82, 2.24) is 19.0 Å². The van der Waals surface area contributed by atoms with Crippen molar-refractivity contribution in [3.05, 3.63) is 53.6 Å². The van der Waals surface area contributed by atoms with Gasteiger partial charge in [0, 0.05) is 0 Å². The topological polar surface area (TPSA) is 104 Å². The lowest BCUT2D eigenvalue weighted by atomic mass is 9.92. The minimum atomic E-state index is -1.06. The molecule has 0 radical (unpaired) electrons. The quantitative estimate of drug-likeness (QED) is 0.663. The molecule has 1 aromatic heterocycles. The second-order valence-corrected chi connectivity index (χ2v) is 7.40. The zero-order valence-corrected chi connectivity index (χ0v) is 15.5. The molecule has 1 spiro atoms. The summed E-state index contributed by atoms with van der Waals surface area (Å²) in [6.07, 6.45) is 1.21. The molecule has 8 nitrogen and oxygen atoms in total. The summed E-state index contributed by atoms with van der Waals surface area (Å²) in [6, 6.07) is 12.3. The number of benzene rings is 2. The normalized spacial score (nSPS) is 20.6. The maximum absolute atomic E-state index is 13.1. The van der Waals surface area contributed by atoms with Crippen molar-refractivity contribution in [2.24, 2.45) is 0 Å². The van der Waals surface area contributed by atoms with Crippen LogP contribution in [-0.2, 0) is 21.5 Å². The number of hydrogen-bond acceptors (Lipinski definition) is 6. The van der Waals surface area contributed by atoms with E-state index in [-0.39, 0.29) is 12.5 Å². The van der Waals surface area contributed by atoms with E-state index in [1.807, 2.05) is 24.3 Å². The molecule has 2 N–H and O–H groups in total. The Morgan fingerprint density at radius 1 is 1.18 bits per heavy atom. The molecular formula is C19H15N5O3S. The number of imide groups is 1. The molecule has 2 aliphatic rings. The number of nitrogens with zero attached hydrogens (tertiary/aromatic N) is 3. The van der Waals surface area contributed by atoms with Gasteiger partial charge >= 0.3 is 6.03 Å². The van der Waals surface area contributed by atoms with Gasteiger partial charge in [0.2, 0.25) is 5.91 Å². The van der Waals surface area contributed by atoms with Crippen LogP contribution in [0, 0.1) is 0 Å². The Labute approximate surface area is 163 Å². The summed E-state index contributed by atoms with van der Waals surface area (Å²) >= 11 is 1.05. The third-order valence-electron chi connectivity index (χ3n) is 5.28. The minimum Gasteiger partial charge on any atom is -0.323 e. The van der Waals surface area contributed by atoms with Gasteiger partial charge in [-0.15, -0.1) is 0 Å². The Hall–Kier alpha value is -3.33. The number of hydrogen-bond donors (Lipinski definition) is 2. The molecule has 3 aromatic rings. The van der Waals surface area contributed by atoms with Crippen LogP contribution >= 0.6 is 11.7 Å². The van der Waals surface area contributed by atoms with E-state index in [1.165, 1.54) is 0 Å². The van der Waals surface area contributed by atoms with Crippen molar-refractivity contribution in [3.8, 4) is 0 Å². The first-order valence-corrected chi connectivity index (χ1v) is 9.55. The van der Waals surface area contributed by atoms with Gasteiger partial charge < -0.3 is 10.6 Å². The van der Waals surface area contributed by atoms with Crippen molar-refractivity contribution in [2.45, 2.75) is 18.4 Å². The highest BCUT2D eigenvalue weighted by Gasteiger charge is 2.55. The van der Waals surface area contributed by atoms with Crippen LogP contribution in [0.5, 0.6) is 0 Å². The molecule has 2 heterocycles. The SMILES string of the molecule is O=C(CN1C(=O)NC2(CCc3ccccc32)C1=O)Nc1cccc2nsnc12. The van der Waals surface area contributed by atoms with Crippen molar-refractivity contribution < 1.29 is 14.4 Å². The number of carbonyl (C=O) groups excluding carboxylic acids is 3. The van der Waals surface area contributed by atoms with Crippen molar-refractivity contribution in [1.29, 1.82) is 0 Å². The number of rotatable bonds is 3. The molecule has 1 atom stereocenters. The van der Waals surface area contributed by atoms with Crippen LogP contribution in [0.25, 0.3) is 11.0 Å². The summed E-state index contributed by atoms with van der Waals surface area (Å²) in [6.45, 7) is -0.359. The summed E-state index contributed by atoms with van der Waals surface area (Å²) in [5.74, 6) is -0.849. The van der Waals surface area contributed by atoms with Gasteiger partial charge in [0.1, 0.15) is 23.1 Å². The van der Waals surface area contributed by atoms with E-state index in [0.29, 0.717) is 29.6 Å². The lowest BCUT2D eigenvalue weighted by Gasteiger charge is -2.22. The Kier molecular flexibility index (Phi) is 3.66. The van der Waals surface area contributed by atoms with E-state index < -0.39 is 17.5 Å². The number of aromatic nitrogens is 2. The highest BCUT2D eigenvalue weighted by atomic mass is 32.1. The van der Waals surface area contributed by atoms with E-state index in [2.05, 4.69) is 19.4 Å². The predicted octanol–water partition coefficient (Wildman–Crippen LogP) is 2.02. The molecule has 1 saturated heterocycles. The van der Waals surface area contributed by atoms with E-state index in [0.717, 1.165) is 27.8 Å². The number of nitrogens with one attached hydrogen (secondary N) is 2. The fraction of sp³-hybridized carbons (Fsp3) is 0.211. The highest BCUT2D eigenvalue weighted by Crippen LogP contribution is 2.41. The average molecular weight is 393 g/mol. The summed E-state index contributed by atoms with van der Waals surface area (Å²) in [4.78, 5) is 39.1. The molecular weight excluding hydrogens is 378 g/mol. The minimum absolute atomic E-state index is 0.359. The van der Waals surface area contributed by atoms with Gasteiger partial charge in [-0.2, -0.15) is 8.75 Å². The fourth-order valence-corrected chi connectivity index (χ4v) is 4.52. The van der Waals surface area contributed by atoms with Crippen molar-refractivity contribution in [2.75, 3.05) is 11.9 Å². The predicted molar refractivity (Wildman–Crippen MR) is 103 cm³/mol. The zero-order chi connectivity index (χ0) is 19.3. The zero-order valence-electron chi connectivity index (χ0n) is 14.6. The van der Waals surface area contributed by atoms with Gasteiger partial charge in [0.25, 0.3) is 5.91 Å². The second kappa shape index (κ2) is 6.10.